The second kappa shape index (κ2) is 38.8. The zero-order chi connectivity index (χ0) is 78.6. The number of nitrogens with one attached hydrogen (secondary N) is 10. The number of carbonyl (C=O) groups is 12. The first-order valence-corrected chi connectivity index (χ1v) is 38.4. The lowest BCUT2D eigenvalue weighted by molar-refractivity contribution is -0.148. The fraction of sp³-hybridized carbons (Fsp3) is 0.525. The number of nitrogens with zero attached hydrogens (tertiary/aromatic N) is 4. The van der Waals surface area contributed by atoms with E-state index < -0.39 is 144 Å². The molecule has 592 valence electrons. The van der Waals surface area contributed by atoms with E-state index in [1.54, 1.807) is 72.6 Å². The molecule has 10 atom stereocenters. The number of aromatic nitrogens is 1. The van der Waals surface area contributed by atoms with Crippen LogP contribution in [0.3, 0.4) is 0 Å². The zero-order valence-electron chi connectivity index (χ0n) is 63.4. The molecule has 11 N–H and O–H groups in total. The second-order valence-corrected chi connectivity index (χ2v) is 29.6. The molecule has 0 saturated carbocycles. The molecule has 6 aliphatic rings. The van der Waals surface area contributed by atoms with Crippen LogP contribution in [-0.2, 0) is 108 Å². The Hall–Kier alpha value is -10.3. The minimum Gasteiger partial charge on any atom is -0.497 e. The van der Waals surface area contributed by atoms with Crippen molar-refractivity contribution in [2.75, 3.05) is 60.0 Å². The number of aryl methyl sites for hydroxylation is 1. The van der Waals surface area contributed by atoms with Crippen LogP contribution >= 0.6 is 0 Å². The number of hydrogen-bond acceptors (Lipinski definition) is 16. The number of aliphatic hydroxyl groups excluding tert-OH is 1. The van der Waals surface area contributed by atoms with Crippen molar-refractivity contribution in [1.82, 2.24) is 72.4 Å². The summed E-state index contributed by atoms with van der Waals surface area (Å²) in [6, 6.07) is 14.0. The van der Waals surface area contributed by atoms with Gasteiger partial charge in [-0.15, -0.1) is 0 Å². The molecule has 12 amide bonds. The van der Waals surface area contributed by atoms with Gasteiger partial charge in [-0.05, 0) is 149 Å². The Kier molecular flexibility index (Phi) is 29.0. The van der Waals surface area contributed by atoms with Crippen LogP contribution in [0.4, 0.5) is 4.39 Å². The van der Waals surface area contributed by atoms with Gasteiger partial charge in [-0.2, -0.15) is 0 Å². The molecular formula is C80H105FN14O15. The summed E-state index contributed by atoms with van der Waals surface area (Å²) < 4.78 is 29.4. The Morgan fingerprint density at radius 1 is 0.691 bits per heavy atom. The van der Waals surface area contributed by atoms with Gasteiger partial charge in [0.15, 0.2) is 0 Å². The zero-order valence-corrected chi connectivity index (χ0v) is 63.4. The largest absolute Gasteiger partial charge is 0.497 e. The standard InChI is InChI=1S/C80H105FN14O15/c1-49-72(101)90-63(45-85-66(97)17-9-8-10-33-82-4)74(103)87-60-41-54-15-13-16-55(39-54)44-84-68(99)48-110-65-31-38-94-71(65)76(105)91-70(50(2)96)75(104)89-61(40-52-22-25-58(109-5)26-23-52)78(107)95-37-14-32-80(95,3)79(108)83-34-30-51-18-20-53(21-19-51)46-93(69(100)29-28-67(98)86-49)36-12-7-6-11-35-92-47-56(42-62(77(94)106)88-73(60)102)59-43-57(81)24-27-64(59)92/h13,15-16,18-27,39,43,47,49-50,60-63,65,70-71,82,96H,6-12,14,17,28-38,40-42,44-46,48H2,1-5H3,(H,83,108)(H,84,99)(H,85,97)(H,86,98)(H,87,103)(H,88,102)(H,89,104)(H,90,101)(H,91,105)/t49-,50+,60-,61-,62?,63+,65-,70-,71?,80-/m0/s1. The van der Waals surface area contributed by atoms with Gasteiger partial charge in [-0.25, -0.2) is 4.39 Å². The monoisotopic (exact) mass is 1520 g/mol. The molecule has 0 radical (unpaired) electrons. The van der Waals surface area contributed by atoms with Gasteiger partial charge in [0.2, 0.25) is 70.9 Å². The van der Waals surface area contributed by atoms with Gasteiger partial charge in [0.05, 0.1) is 19.3 Å². The van der Waals surface area contributed by atoms with Gasteiger partial charge in [-0.3, -0.25) is 57.5 Å². The number of hydrogen-bond donors (Lipinski definition) is 11. The molecule has 1 aromatic heterocycles. The van der Waals surface area contributed by atoms with Crippen LogP contribution in [0.2, 0.25) is 0 Å². The Balaban J connectivity index is 1.08. The van der Waals surface area contributed by atoms with Crippen LogP contribution in [0, 0.1) is 5.82 Å². The molecule has 11 rings (SSSR count). The highest BCUT2D eigenvalue weighted by molar-refractivity contribution is 6.00. The minimum atomic E-state index is -1.85. The van der Waals surface area contributed by atoms with E-state index in [1.807, 2.05) is 35.9 Å². The van der Waals surface area contributed by atoms with E-state index in [0.29, 0.717) is 103 Å². The summed E-state index contributed by atoms with van der Waals surface area (Å²) in [6.45, 7) is 4.73. The second-order valence-electron chi connectivity index (χ2n) is 29.6. The number of rotatable bonds is 12. The molecule has 0 aliphatic carbocycles. The third-order valence-corrected chi connectivity index (χ3v) is 21.3. The molecule has 6 aliphatic heterocycles. The highest BCUT2D eigenvalue weighted by Crippen LogP contribution is 2.32. The molecule has 12 bridgehead atoms. The molecule has 29 nitrogen and oxygen atoms in total. The average molecular weight is 1520 g/mol. The molecule has 2 fully saturated rings. The summed E-state index contributed by atoms with van der Waals surface area (Å²) in [5.74, 6) is -9.02. The van der Waals surface area contributed by atoms with Crippen LogP contribution < -0.4 is 57.9 Å². The molecule has 7 heterocycles. The van der Waals surface area contributed by atoms with E-state index >= 15 is 33.2 Å². The first-order valence-electron chi connectivity index (χ1n) is 38.4. The van der Waals surface area contributed by atoms with Crippen molar-refractivity contribution in [3.63, 3.8) is 0 Å². The SMILES string of the molecule is CNCCCCCC(=O)NC[C@H]1NC(=O)[C@H](C)NC(=O)CCC(=O)N2CCCCCCn3cc(c4cc(F)ccc43)CC3NC(=O)[C@H](Cc4cccc(c4)CNC(=O)CO[C@H]4CCN(C3=O)C4C(=O)N[C@@H]([C@@H](C)O)C(=O)N[C@@H](Cc3ccc(OC)cc3)C(=O)N3CCC[C@@]3(C)C(=O)NCCc3ccc(cc3)C2)NC1=O. The quantitative estimate of drug-likeness (QED) is 0.0797. The Morgan fingerprint density at radius 3 is 2.18 bits per heavy atom. The van der Waals surface area contributed by atoms with Crippen LogP contribution in [-0.4, -0.2) is 215 Å². The fourth-order valence-electron chi connectivity index (χ4n) is 15.0. The summed E-state index contributed by atoms with van der Waals surface area (Å²) in [5, 5.41) is 40.1. The normalized spacial score (nSPS) is 25.0. The number of halogens is 1. The van der Waals surface area contributed by atoms with E-state index in [1.165, 1.54) is 38.0 Å². The number of fused-ring (bicyclic) bond motifs is 16. The van der Waals surface area contributed by atoms with E-state index in [4.69, 9.17) is 9.47 Å². The smallest absolute Gasteiger partial charge is 0.246 e. The Bertz CT molecular complexity index is 4140. The number of aliphatic hydroxyl groups is 1. The first-order chi connectivity index (χ1) is 52.9. The summed E-state index contributed by atoms with van der Waals surface area (Å²) >= 11 is 0. The predicted octanol–water partition coefficient (Wildman–Crippen LogP) is 2.07. The van der Waals surface area contributed by atoms with E-state index in [0.717, 1.165) is 29.0 Å². The third kappa shape index (κ3) is 21.8. The van der Waals surface area contributed by atoms with E-state index in [2.05, 4.69) is 53.2 Å². The number of unbranched alkanes of at least 4 members (excludes halogenated alkanes) is 2. The van der Waals surface area contributed by atoms with Crippen molar-refractivity contribution in [1.29, 1.82) is 0 Å². The van der Waals surface area contributed by atoms with Gasteiger partial charge in [0.25, 0.3) is 0 Å². The van der Waals surface area contributed by atoms with Crippen molar-refractivity contribution in [3.05, 3.63) is 136 Å². The van der Waals surface area contributed by atoms with Crippen LogP contribution in [0.25, 0.3) is 10.9 Å². The number of carbonyl (C=O) groups excluding carboxylic acids is 12. The number of amides is 12. The molecule has 30 heteroatoms. The average Bonchev–Trinajstić information content (AvgIpc) is 1.23. The van der Waals surface area contributed by atoms with Crippen molar-refractivity contribution >= 4 is 81.8 Å². The van der Waals surface area contributed by atoms with Gasteiger partial charge in [0.1, 0.15) is 66.0 Å². The van der Waals surface area contributed by atoms with Gasteiger partial charge < -0.3 is 87.0 Å². The molecule has 2 unspecified atom stereocenters. The number of ether oxygens (including phenoxy) is 2. The lowest BCUT2D eigenvalue weighted by Crippen LogP contribution is -2.64. The van der Waals surface area contributed by atoms with Gasteiger partial charge >= 0.3 is 0 Å². The Labute approximate surface area is 639 Å². The molecular weight excluding hydrogens is 1420 g/mol. The molecule has 0 spiro atoms. The maximum atomic E-state index is 16.2. The number of methoxy groups -OCH3 is 1. The van der Waals surface area contributed by atoms with Gasteiger partial charge in [-0.1, -0.05) is 79.9 Å². The Morgan fingerprint density at radius 2 is 1.43 bits per heavy atom. The van der Waals surface area contributed by atoms with E-state index in [-0.39, 0.29) is 90.0 Å². The fourth-order valence-corrected chi connectivity index (χ4v) is 15.0. The van der Waals surface area contributed by atoms with Crippen LogP contribution in [0.15, 0.2) is 97.2 Å². The molecule has 4 aromatic carbocycles. The predicted molar refractivity (Wildman–Crippen MR) is 404 cm³/mol. The summed E-state index contributed by atoms with van der Waals surface area (Å²) in [5.41, 5.74) is 2.76. The van der Waals surface area contributed by atoms with Crippen LogP contribution in [0.5, 0.6) is 5.75 Å². The van der Waals surface area contributed by atoms with Crippen molar-refractivity contribution in [3.8, 4) is 5.75 Å². The van der Waals surface area contributed by atoms with Crippen molar-refractivity contribution < 1.29 is 76.5 Å². The van der Waals surface area contributed by atoms with Crippen molar-refractivity contribution in [2.24, 2.45) is 0 Å². The van der Waals surface area contributed by atoms with Crippen LogP contribution in [0.1, 0.15) is 138 Å². The highest BCUT2D eigenvalue weighted by atomic mass is 19.1. The lowest BCUT2D eigenvalue weighted by atomic mass is 9.95. The first kappa shape index (κ1) is 82.2. The maximum absolute atomic E-state index is 16.2. The topological polar surface area (TPSA) is 378 Å². The third-order valence-electron chi connectivity index (χ3n) is 21.3. The number of benzene rings is 4. The lowest BCUT2D eigenvalue weighted by Gasteiger charge is -2.37. The van der Waals surface area contributed by atoms with Gasteiger partial charge in [0, 0.05) is 108 Å². The van der Waals surface area contributed by atoms with E-state index in [9.17, 15) is 33.9 Å². The summed E-state index contributed by atoms with van der Waals surface area (Å²) in [6.07, 6.45) is 2.96. The summed E-state index contributed by atoms with van der Waals surface area (Å²) in [7, 11) is 3.31. The molecule has 5 aromatic rings. The molecule has 110 heavy (non-hydrogen) atoms. The minimum absolute atomic E-state index is 0.0709. The highest BCUT2D eigenvalue weighted by Gasteiger charge is 2.50. The maximum Gasteiger partial charge on any atom is 0.246 e. The van der Waals surface area contributed by atoms with Crippen molar-refractivity contribution in [2.45, 2.75) is 210 Å². The molecule has 2 saturated heterocycles. The summed E-state index contributed by atoms with van der Waals surface area (Å²) in [4.78, 5) is 182.